The van der Waals surface area contributed by atoms with Gasteiger partial charge in [0.1, 0.15) is 5.56 Å². The van der Waals surface area contributed by atoms with Crippen molar-refractivity contribution in [2.75, 3.05) is 6.54 Å². The molecule has 116 valence electrons. The minimum atomic E-state index is -0.322. The van der Waals surface area contributed by atoms with Gasteiger partial charge >= 0.3 is 0 Å². The van der Waals surface area contributed by atoms with Gasteiger partial charge in [0, 0.05) is 18.0 Å². The summed E-state index contributed by atoms with van der Waals surface area (Å²) in [7, 11) is 0. The Morgan fingerprint density at radius 2 is 2.04 bits per heavy atom. The van der Waals surface area contributed by atoms with Crippen molar-refractivity contribution in [1.29, 1.82) is 0 Å². The van der Waals surface area contributed by atoms with Crippen LogP contribution in [0.15, 0.2) is 45.9 Å². The van der Waals surface area contributed by atoms with Crippen LogP contribution >= 0.6 is 22.7 Å². The number of aromatic nitrogens is 1. The Kier molecular flexibility index (Phi) is 3.63. The SMILES string of the molecule is O=C(c1ccc(-c2cccs2)[nH]c1=O)N1CCc2sccc2C1. The zero-order valence-electron chi connectivity index (χ0n) is 12.2. The Balaban J connectivity index is 1.61. The summed E-state index contributed by atoms with van der Waals surface area (Å²) >= 11 is 3.29. The van der Waals surface area contributed by atoms with E-state index in [1.54, 1.807) is 39.7 Å². The van der Waals surface area contributed by atoms with E-state index in [0.29, 0.717) is 13.1 Å². The van der Waals surface area contributed by atoms with E-state index in [4.69, 9.17) is 0 Å². The van der Waals surface area contributed by atoms with Crippen molar-refractivity contribution in [3.8, 4) is 10.6 Å². The fourth-order valence-electron chi connectivity index (χ4n) is 2.81. The largest absolute Gasteiger partial charge is 0.334 e. The Hall–Kier alpha value is -2.18. The van der Waals surface area contributed by atoms with Crippen molar-refractivity contribution in [2.45, 2.75) is 13.0 Å². The van der Waals surface area contributed by atoms with Crippen molar-refractivity contribution in [2.24, 2.45) is 0 Å². The number of nitrogens with zero attached hydrogens (tertiary/aromatic N) is 1. The summed E-state index contributed by atoms with van der Waals surface area (Å²) < 4.78 is 0. The molecule has 0 aromatic carbocycles. The second-order valence-electron chi connectivity index (χ2n) is 5.44. The number of hydrogen-bond donors (Lipinski definition) is 1. The highest BCUT2D eigenvalue weighted by molar-refractivity contribution is 7.13. The van der Waals surface area contributed by atoms with Crippen molar-refractivity contribution in [1.82, 2.24) is 9.88 Å². The number of hydrogen-bond acceptors (Lipinski definition) is 4. The van der Waals surface area contributed by atoms with Crippen LogP contribution in [0.25, 0.3) is 10.6 Å². The summed E-state index contributed by atoms with van der Waals surface area (Å²) in [6.07, 6.45) is 0.865. The lowest BCUT2D eigenvalue weighted by molar-refractivity contribution is 0.0734. The molecule has 0 radical (unpaired) electrons. The zero-order chi connectivity index (χ0) is 15.8. The van der Waals surface area contributed by atoms with Crippen LogP contribution in [0.2, 0.25) is 0 Å². The number of rotatable bonds is 2. The first kappa shape index (κ1) is 14.4. The number of pyridine rings is 1. The molecule has 1 aliphatic rings. The van der Waals surface area contributed by atoms with Gasteiger partial charge in [0.2, 0.25) is 0 Å². The standard InChI is InChI=1S/C17H14N2O2S2/c20-16-12(3-4-13(18-16)15-2-1-8-22-15)17(21)19-7-5-14-11(10-19)6-9-23-14/h1-4,6,8-9H,5,7,10H2,(H,18,20). The van der Waals surface area contributed by atoms with E-state index in [1.165, 1.54) is 10.4 Å². The number of carbonyl (C=O) groups is 1. The predicted octanol–water partition coefficient (Wildman–Crippen LogP) is 3.36. The van der Waals surface area contributed by atoms with E-state index in [-0.39, 0.29) is 17.0 Å². The van der Waals surface area contributed by atoms with E-state index in [2.05, 4.69) is 16.4 Å². The van der Waals surface area contributed by atoms with Crippen molar-refractivity contribution in [3.63, 3.8) is 0 Å². The molecule has 0 bridgehead atoms. The quantitative estimate of drug-likeness (QED) is 0.776. The van der Waals surface area contributed by atoms with Gasteiger partial charge in [-0.1, -0.05) is 6.07 Å². The first-order chi connectivity index (χ1) is 11.2. The number of amides is 1. The van der Waals surface area contributed by atoms with E-state index in [9.17, 15) is 9.59 Å². The van der Waals surface area contributed by atoms with Gasteiger partial charge in [0.05, 0.1) is 10.6 Å². The Labute approximate surface area is 141 Å². The van der Waals surface area contributed by atoms with Gasteiger partial charge in [-0.2, -0.15) is 0 Å². The van der Waals surface area contributed by atoms with E-state index in [1.807, 2.05) is 17.5 Å². The van der Waals surface area contributed by atoms with E-state index < -0.39 is 0 Å². The van der Waals surface area contributed by atoms with Crippen LogP contribution < -0.4 is 5.56 Å². The van der Waals surface area contributed by atoms with Gasteiger partial charge in [-0.05, 0) is 47.0 Å². The lowest BCUT2D eigenvalue weighted by atomic mass is 10.1. The molecule has 0 aliphatic carbocycles. The second kappa shape index (κ2) is 5.79. The Morgan fingerprint density at radius 3 is 2.83 bits per heavy atom. The predicted molar refractivity (Wildman–Crippen MR) is 93.1 cm³/mol. The molecule has 0 atom stereocenters. The van der Waals surface area contributed by atoms with Gasteiger partial charge in [0.25, 0.3) is 11.5 Å². The first-order valence-electron chi connectivity index (χ1n) is 7.34. The van der Waals surface area contributed by atoms with Crippen molar-refractivity contribution >= 4 is 28.6 Å². The highest BCUT2D eigenvalue weighted by atomic mass is 32.1. The molecular formula is C17H14N2O2S2. The van der Waals surface area contributed by atoms with Crippen LogP contribution in [0.4, 0.5) is 0 Å². The van der Waals surface area contributed by atoms with Crippen LogP contribution in [-0.4, -0.2) is 22.3 Å². The summed E-state index contributed by atoms with van der Waals surface area (Å²) in [4.78, 5) is 31.9. The van der Waals surface area contributed by atoms with Crippen LogP contribution in [0.5, 0.6) is 0 Å². The molecule has 1 aliphatic heterocycles. The molecule has 0 fully saturated rings. The second-order valence-corrected chi connectivity index (χ2v) is 7.39. The van der Waals surface area contributed by atoms with Crippen LogP contribution in [0.3, 0.4) is 0 Å². The third-order valence-corrected chi connectivity index (χ3v) is 5.95. The summed E-state index contributed by atoms with van der Waals surface area (Å²) in [5.74, 6) is -0.194. The maximum absolute atomic E-state index is 12.7. The van der Waals surface area contributed by atoms with Crippen LogP contribution in [0, 0.1) is 0 Å². The first-order valence-corrected chi connectivity index (χ1v) is 9.10. The number of nitrogens with one attached hydrogen (secondary N) is 1. The fraction of sp³-hybridized carbons (Fsp3) is 0.176. The maximum Gasteiger partial charge on any atom is 0.261 e. The minimum Gasteiger partial charge on any atom is -0.334 e. The lowest BCUT2D eigenvalue weighted by Gasteiger charge is -2.26. The molecule has 4 nitrogen and oxygen atoms in total. The lowest BCUT2D eigenvalue weighted by Crippen LogP contribution is -2.38. The van der Waals surface area contributed by atoms with Gasteiger partial charge < -0.3 is 9.88 Å². The van der Waals surface area contributed by atoms with E-state index in [0.717, 1.165) is 17.0 Å². The molecule has 0 saturated carbocycles. The van der Waals surface area contributed by atoms with Crippen LogP contribution in [-0.2, 0) is 13.0 Å². The zero-order valence-corrected chi connectivity index (χ0v) is 13.9. The summed E-state index contributed by atoms with van der Waals surface area (Å²) in [6, 6.07) is 9.38. The Morgan fingerprint density at radius 1 is 1.13 bits per heavy atom. The third-order valence-electron chi connectivity index (χ3n) is 4.02. The average molecular weight is 342 g/mol. The molecular weight excluding hydrogens is 328 g/mol. The van der Waals surface area contributed by atoms with Crippen molar-refractivity contribution in [3.05, 3.63) is 67.4 Å². The molecule has 4 rings (SSSR count). The molecule has 4 heterocycles. The summed E-state index contributed by atoms with van der Waals surface area (Å²) in [5, 5.41) is 4.01. The maximum atomic E-state index is 12.7. The van der Waals surface area contributed by atoms with Gasteiger partial charge in [-0.15, -0.1) is 22.7 Å². The Bertz CT molecular complexity index is 909. The van der Waals surface area contributed by atoms with Gasteiger partial charge in [-0.3, -0.25) is 9.59 Å². The topological polar surface area (TPSA) is 53.2 Å². The average Bonchev–Trinajstić information content (AvgIpc) is 3.24. The highest BCUT2D eigenvalue weighted by Crippen LogP contribution is 2.25. The number of fused-ring (bicyclic) bond motifs is 1. The third kappa shape index (κ3) is 2.64. The molecule has 1 amide bonds. The molecule has 0 unspecified atom stereocenters. The monoisotopic (exact) mass is 342 g/mol. The van der Waals surface area contributed by atoms with Crippen LogP contribution in [0.1, 0.15) is 20.8 Å². The van der Waals surface area contributed by atoms with Crippen molar-refractivity contribution < 1.29 is 4.79 Å². The molecule has 0 spiro atoms. The number of H-pyrrole nitrogens is 1. The number of aromatic amines is 1. The summed E-state index contributed by atoms with van der Waals surface area (Å²) in [5.41, 5.74) is 1.84. The molecule has 3 aromatic heterocycles. The summed E-state index contributed by atoms with van der Waals surface area (Å²) in [6.45, 7) is 1.25. The normalized spacial score (nSPS) is 13.8. The van der Waals surface area contributed by atoms with Gasteiger partial charge in [-0.25, -0.2) is 0 Å². The fourth-order valence-corrected chi connectivity index (χ4v) is 4.41. The number of thiophene rings is 2. The molecule has 23 heavy (non-hydrogen) atoms. The molecule has 3 aromatic rings. The van der Waals surface area contributed by atoms with E-state index >= 15 is 0 Å². The minimum absolute atomic E-state index is 0.194. The molecule has 0 saturated heterocycles. The highest BCUT2D eigenvalue weighted by Gasteiger charge is 2.24. The smallest absolute Gasteiger partial charge is 0.261 e. The molecule has 1 N–H and O–H groups in total. The van der Waals surface area contributed by atoms with Gasteiger partial charge in [0.15, 0.2) is 0 Å². The molecule has 6 heteroatoms. The number of carbonyl (C=O) groups excluding carboxylic acids is 1.